The maximum absolute atomic E-state index is 11.4. The molecule has 0 saturated carbocycles. The average Bonchev–Trinajstić information content (AvgIpc) is 2.52. The molecule has 136 valence electrons. The fourth-order valence-corrected chi connectivity index (χ4v) is 2.25. The number of ether oxygens (including phenoxy) is 3. The number of rotatable bonds is 12. The average molecular weight is 336 g/mol. The zero-order valence-corrected chi connectivity index (χ0v) is 15.4. The lowest BCUT2D eigenvalue weighted by Crippen LogP contribution is -2.26. The van der Waals surface area contributed by atoms with Crippen molar-refractivity contribution in [3.8, 4) is 0 Å². The molecule has 0 heterocycles. The van der Waals surface area contributed by atoms with E-state index in [1.165, 1.54) is 18.4 Å². The van der Waals surface area contributed by atoms with Crippen molar-refractivity contribution in [1.29, 1.82) is 0 Å². The van der Waals surface area contributed by atoms with Crippen LogP contribution in [0.5, 0.6) is 0 Å². The van der Waals surface area contributed by atoms with E-state index < -0.39 is 5.60 Å². The maximum atomic E-state index is 11.4. The van der Waals surface area contributed by atoms with Crippen molar-refractivity contribution in [3.05, 3.63) is 35.9 Å². The standard InChI is InChI=1S/C20H32O4/c1-20(2,3)24-19(21)17-23-16-10-15-22-14-9-5-8-13-18-11-6-4-7-12-18/h4,6-7,11-12H,5,8-10,13-17H2,1-3H3. The molecule has 0 radical (unpaired) electrons. The van der Waals surface area contributed by atoms with Crippen LogP contribution in [0.25, 0.3) is 0 Å². The fourth-order valence-electron chi connectivity index (χ4n) is 2.25. The van der Waals surface area contributed by atoms with Gasteiger partial charge in [-0.3, -0.25) is 0 Å². The van der Waals surface area contributed by atoms with Crippen LogP contribution in [0.2, 0.25) is 0 Å². The Kier molecular flexibility index (Phi) is 10.4. The van der Waals surface area contributed by atoms with Gasteiger partial charge in [-0.25, -0.2) is 4.79 Å². The zero-order chi connectivity index (χ0) is 17.7. The highest BCUT2D eigenvalue weighted by Crippen LogP contribution is 2.07. The molecular formula is C20H32O4. The van der Waals surface area contributed by atoms with E-state index in [1.807, 2.05) is 20.8 Å². The highest BCUT2D eigenvalue weighted by molar-refractivity contribution is 5.71. The van der Waals surface area contributed by atoms with Crippen molar-refractivity contribution in [2.24, 2.45) is 0 Å². The lowest BCUT2D eigenvalue weighted by Gasteiger charge is -2.19. The van der Waals surface area contributed by atoms with Gasteiger partial charge in [0.25, 0.3) is 0 Å². The van der Waals surface area contributed by atoms with Crippen LogP contribution in [-0.4, -0.2) is 38.0 Å². The van der Waals surface area contributed by atoms with Gasteiger partial charge in [0, 0.05) is 19.8 Å². The molecule has 0 aliphatic heterocycles. The first-order valence-corrected chi connectivity index (χ1v) is 8.88. The van der Waals surface area contributed by atoms with Crippen molar-refractivity contribution in [2.45, 2.75) is 58.5 Å². The SMILES string of the molecule is CC(C)(C)OC(=O)COCCCOCCCCCc1ccccc1. The van der Waals surface area contributed by atoms with Gasteiger partial charge in [0.15, 0.2) is 0 Å². The zero-order valence-electron chi connectivity index (χ0n) is 15.4. The Morgan fingerprint density at radius 2 is 1.54 bits per heavy atom. The van der Waals surface area contributed by atoms with E-state index in [1.54, 1.807) is 0 Å². The fraction of sp³-hybridized carbons (Fsp3) is 0.650. The molecule has 0 unspecified atom stereocenters. The Morgan fingerprint density at radius 3 is 2.25 bits per heavy atom. The minimum absolute atomic E-state index is 0.0107. The molecule has 0 N–H and O–H groups in total. The molecule has 0 bridgehead atoms. The van der Waals surface area contributed by atoms with Gasteiger partial charge in [0.05, 0.1) is 0 Å². The van der Waals surface area contributed by atoms with Crippen LogP contribution in [0.4, 0.5) is 0 Å². The Balaban J connectivity index is 1.83. The number of hydrogen-bond acceptors (Lipinski definition) is 4. The summed E-state index contributed by atoms with van der Waals surface area (Å²) in [5.41, 5.74) is 0.949. The molecule has 0 aliphatic carbocycles. The third kappa shape index (κ3) is 12.1. The molecule has 1 rings (SSSR count). The van der Waals surface area contributed by atoms with Gasteiger partial charge >= 0.3 is 5.97 Å². The van der Waals surface area contributed by atoms with Crippen LogP contribution in [0.15, 0.2) is 30.3 Å². The number of benzene rings is 1. The van der Waals surface area contributed by atoms with Crippen LogP contribution in [0.3, 0.4) is 0 Å². The Labute approximate surface area is 146 Å². The summed E-state index contributed by atoms with van der Waals surface area (Å²) in [5, 5.41) is 0. The normalized spacial score (nSPS) is 11.5. The second kappa shape index (κ2) is 12.0. The highest BCUT2D eigenvalue weighted by atomic mass is 16.6. The van der Waals surface area contributed by atoms with E-state index in [-0.39, 0.29) is 12.6 Å². The predicted octanol–water partition coefficient (Wildman–Crippen LogP) is 4.16. The smallest absolute Gasteiger partial charge is 0.332 e. The lowest BCUT2D eigenvalue weighted by molar-refractivity contribution is -0.160. The molecule has 0 aromatic heterocycles. The summed E-state index contributed by atoms with van der Waals surface area (Å²) in [4.78, 5) is 11.4. The predicted molar refractivity (Wildman–Crippen MR) is 96.1 cm³/mol. The Hall–Kier alpha value is -1.39. The van der Waals surface area contributed by atoms with Crippen molar-refractivity contribution < 1.29 is 19.0 Å². The van der Waals surface area contributed by atoms with E-state index in [0.29, 0.717) is 13.2 Å². The lowest BCUT2D eigenvalue weighted by atomic mass is 10.1. The second-order valence-corrected chi connectivity index (χ2v) is 6.90. The first-order valence-electron chi connectivity index (χ1n) is 8.88. The van der Waals surface area contributed by atoms with Crippen molar-refractivity contribution in [1.82, 2.24) is 0 Å². The van der Waals surface area contributed by atoms with E-state index in [9.17, 15) is 4.79 Å². The Bertz CT molecular complexity index is 437. The number of carbonyl (C=O) groups excluding carboxylic acids is 1. The summed E-state index contributed by atoms with van der Waals surface area (Å²) < 4.78 is 16.0. The van der Waals surface area contributed by atoms with Crippen LogP contribution in [0.1, 0.15) is 52.0 Å². The molecule has 0 saturated heterocycles. The first kappa shape index (κ1) is 20.7. The summed E-state index contributed by atoms with van der Waals surface area (Å²) in [6.07, 6.45) is 5.41. The van der Waals surface area contributed by atoms with Gasteiger partial charge < -0.3 is 14.2 Å². The minimum atomic E-state index is -0.454. The number of carbonyl (C=O) groups is 1. The van der Waals surface area contributed by atoms with Crippen LogP contribution in [0, 0.1) is 0 Å². The second-order valence-electron chi connectivity index (χ2n) is 6.90. The molecular weight excluding hydrogens is 304 g/mol. The van der Waals surface area contributed by atoms with E-state index in [4.69, 9.17) is 14.2 Å². The van der Waals surface area contributed by atoms with Gasteiger partial charge in [-0.15, -0.1) is 0 Å². The Morgan fingerprint density at radius 1 is 0.875 bits per heavy atom. The maximum Gasteiger partial charge on any atom is 0.332 e. The summed E-state index contributed by atoms with van der Waals surface area (Å²) >= 11 is 0. The van der Waals surface area contributed by atoms with Gasteiger partial charge in [0.1, 0.15) is 12.2 Å². The summed E-state index contributed by atoms with van der Waals surface area (Å²) in [5.74, 6) is -0.318. The molecule has 4 nitrogen and oxygen atoms in total. The topological polar surface area (TPSA) is 44.8 Å². The molecule has 0 aliphatic rings. The molecule has 0 atom stereocenters. The van der Waals surface area contributed by atoms with Gasteiger partial charge in [0.2, 0.25) is 0 Å². The summed E-state index contributed by atoms with van der Waals surface area (Å²) in [6, 6.07) is 10.6. The molecule has 1 aromatic carbocycles. The largest absolute Gasteiger partial charge is 0.458 e. The third-order valence-corrected chi connectivity index (χ3v) is 3.31. The minimum Gasteiger partial charge on any atom is -0.458 e. The van der Waals surface area contributed by atoms with Gasteiger partial charge in [-0.05, 0) is 52.0 Å². The highest BCUT2D eigenvalue weighted by Gasteiger charge is 2.15. The molecule has 0 fully saturated rings. The number of unbranched alkanes of at least 4 members (excludes halogenated alkanes) is 2. The van der Waals surface area contributed by atoms with E-state index >= 15 is 0 Å². The molecule has 24 heavy (non-hydrogen) atoms. The van der Waals surface area contributed by atoms with E-state index in [2.05, 4.69) is 30.3 Å². The third-order valence-electron chi connectivity index (χ3n) is 3.31. The molecule has 4 heteroatoms. The molecule has 0 spiro atoms. The van der Waals surface area contributed by atoms with Crippen LogP contribution >= 0.6 is 0 Å². The van der Waals surface area contributed by atoms with Crippen LogP contribution in [-0.2, 0) is 25.4 Å². The summed E-state index contributed by atoms with van der Waals surface area (Å²) in [6.45, 7) is 7.54. The van der Waals surface area contributed by atoms with Crippen molar-refractivity contribution in [2.75, 3.05) is 26.4 Å². The molecule has 1 aromatic rings. The summed E-state index contributed by atoms with van der Waals surface area (Å²) in [7, 11) is 0. The quantitative estimate of drug-likeness (QED) is 0.424. The number of esters is 1. The van der Waals surface area contributed by atoms with Gasteiger partial charge in [-0.1, -0.05) is 36.8 Å². The number of aryl methyl sites for hydroxylation is 1. The van der Waals surface area contributed by atoms with Crippen molar-refractivity contribution >= 4 is 5.97 Å². The first-order chi connectivity index (χ1) is 11.5. The van der Waals surface area contributed by atoms with Gasteiger partial charge in [-0.2, -0.15) is 0 Å². The van der Waals surface area contributed by atoms with Crippen LogP contribution < -0.4 is 0 Å². The number of hydrogen-bond donors (Lipinski definition) is 0. The molecule has 0 amide bonds. The van der Waals surface area contributed by atoms with E-state index in [0.717, 1.165) is 25.9 Å². The van der Waals surface area contributed by atoms with Crippen molar-refractivity contribution in [3.63, 3.8) is 0 Å². The monoisotopic (exact) mass is 336 g/mol.